The van der Waals surface area contributed by atoms with Crippen LogP contribution in [0.4, 0.5) is 22.0 Å². The summed E-state index contributed by atoms with van der Waals surface area (Å²) in [4.78, 5) is 17.1. The Kier molecular flexibility index (Phi) is 7.17. The predicted molar refractivity (Wildman–Crippen MR) is 110 cm³/mol. The van der Waals surface area contributed by atoms with Gasteiger partial charge in [-0.05, 0) is 69.5 Å². The van der Waals surface area contributed by atoms with Crippen LogP contribution in [0.3, 0.4) is 0 Å². The van der Waals surface area contributed by atoms with Gasteiger partial charge in [-0.15, -0.1) is 0 Å². The predicted octanol–water partition coefficient (Wildman–Crippen LogP) is 5.55. The topological polar surface area (TPSA) is 42.4 Å². The number of nitrogens with zero attached hydrogens (tertiary/aromatic N) is 2. The second kappa shape index (κ2) is 9.52. The van der Waals surface area contributed by atoms with E-state index in [0.29, 0.717) is 30.8 Å². The molecule has 0 amide bonds. The van der Waals surface area contributed by atoms with E-state index in [9.17, 15) is 26.7 Å². The van der Waals surface area contributed by atoms with Gasteiger partial charge in [0.15, 0.2) is 5.78 Å². The highest BCUT2D eigenvalue weighted by atomic mass is 19.4. The highest BCUT2D eigenvalue weighted by Crippen LogP contribution is 2.36. The number of likely N-dealkylation sites (tertiary alicyclic amines) is 1. The van der Waals surface area contributed by atoms with Gasteiger partial charge in [-0.3, -0.25) is 14.7 Å². The molecular weight excluding hydrogens is 431 g/mol. The van der Waals surface area contributed by atoms with Crippen LogP contribution in [-0.4, -0.2) is 54.0 Å². The number of piperidine rings is 1. The molecule has 3 rings (SSSR count). The molecule has 32 heavy (non-hydrogen) atoms. The summed E-state index contributed by atoms with van der Waals surface area (Å²) >= 11 is 0. The Morgan fingerprint density at radius 3 is 2.34 bits per heavy atom. The van der Waals surface area contributed by atoms with E-state index in [2.05, 4.69) is 4.98 Å². The van der Waals surface area contributed by atoms with Gasteiger partial charge in [0.1, 0.15) is 5.75 Å². The van der Waals surface area contributed by atoms with E-state index in [-0.39, 0.29) is 24.8 Å². The highest BCUT2D eigenvalue weighted by molar-refractivity contribution is 5.94. The molecule has 0 unspecified atom stereocenters. The normalized spacial score (nSPS) is 16.2. The number of aromatic nitrogens is 1. The number of aryl methyl sites for hydroxylation is 1. The number of Topliss-reactive ketones (excluding diaryl/α,β-unsaturated/α-hetero) is 1. The van der Waals surface area contributed by atoms with Crippen LogP contribution in [-0.2, 0) is 0 Å². The zero-order valence-corrected chi connectivity index (χ0v) is 17.9. The van der Waals surface area contributed by atoms with Gasteiger partial charge in [-0.2, -0.15) is 22.0 Å². The van der Waals surface area contributed by atoms with Crippen molar-refractivity contribution in [3.63, 3.8) is 0 Å². The van der Waals surface area contributed by atoms with Crippen molar-refractivity contribution in [2.75, 3.05) is 26.2 Å². The van der Waals surface area contributed by atoms with E-state index in [0.717, 1.165) is 21.7 Å². The first kappa shape index (κ1) is 24.1. The molecule has 1 fully saturated rings. The first-order chi connectivity index (χ1) is 15.0. The first-order valence-corrected chi connectivity index (χ1v) is 10.3. The number of hydrogen-bond acceptors (Lipinski definition) is 4. The standard InChI is InChI=1S/C23H25F5N2O2/c1-15-11-18(16(2)31)3-5-20(15)21-6-4-19(12-29-21)32-13-17-7-9-30(10-8-17)14-22(24,25)23(26,27)28/h3-6,11-12,17H,7-10,13-14H2,1-2H3. The van der Waals surface area contributed by atoms with Crippen LogP contribution in [0.25, 0.3) is 11.3 Å². The Morgan fingerprint density at radius 2 is 1.81 bits per heavy atom. The van der Waals surface area contributed by atoms with Gasteiger partial charge in [0, 0.05) is 11.1 Å². The molecule has 174 valence electrons. The maximum atomic E-state index is 13.2. The lowest BCUT2D eigenvalue weighted by Gasteiger charge is -2.34. The number of pyridine rings is 1. The minimum Gasteiger partial charge on any atom is -0.492 e. The molecule has 0 aliphatic carbocycles. The molecule has 0 saturated carbocycles. The van der Waals surface area contributed by atoms with Crippen LogP contribution in [0.15, 0.2) is 36.5 Å². The number of ketones is 1. The van der Waals surface area contributed by atoms with Crippen LogP contribution in [0.2, 0.25) is 0 Å². The molecular formula is C23H25F5N2O2. The second-order valence-corrected chi connectivity index (χ2v) is 8.20. The van der Waals surface area contributed by atoms with Crippen LogP contribution in [0.1, 0.15) is 35.7 Å². The van der Waals surface area contributed by atoms with E-state index in [1.54, 1.807) is 18.3 Å². The van der Waals surface area contributed by atoms with E-state index in [1.807, 2.05) is 25.1 Å². The van der Waals surface area contributed by atoms with Gasteiger partial charge >= 0.3 is 12.1 Å². The molecule has 0 atom stereocenters. The summed E-state index contributed by atoms with van der Waals surface area (Å²) in [7, 11) is 0. The Bertz CT molecular complexity index is 936. The number of rotatable bonds is 7. The van der Waals surface area contributed by atoms with Crippen LogP contribution < -0.4 is 4.74 Å². The van der Waals surface area contributed by atoms with E-state index in [4.69, 9.17) is 4.74 Å². The fraction of sp³-hybridized carbons (Fsp3) is 0.478. The Morgan fingerprint density at radius 1 is 1.12 bits per heavy atom. The molecule has 1 saturated heterocycles. The SMILES string of the molecule is CC(=O)c1ccc(-c2ccc(OCC3CCN(CC(F)(F)C(F)(F)F)CC3)cn2)c(C)c1. The largest absolute Gasteiger partial charge is 0.492 e. The van der Waals surface area contributed by atoms with E-state index in [1.165, 1.54) is 6.92 Å². The molecule has 2 heterocycles. The third-order valence-corrected chi connectivity index (χ3v) is 5.68. The van der Waals surface area contributed by atoms with Gasteiger partial charge in [-0.1, -0.05) is 12.1 Å². The van der Waals surface area contributed by atoms with E-state index >= 15 is 0 Å². The quantitative estimate of drug-likeness (QED) is 0.405. The Labute approximate surface area is 183 Å². The first-order valence-electron chi connectivity index (χ1n) is 10.3. The molecule has 1 aliphatic rings. The molecule has 2 aromatic rings. The Hall–Kier alpha value is -2.55. The lowest BCUT2D eigenvalue weighted by molar-refractivity contribution is -0.287. The van der Waals surface area contributed by atoms with Crippen molar-refractivity contribution in [2.45, 2.75) is 38.8 Å². The molecule has 0 bridgehead atoms. The zero-order chi connectivity index (χ0) is 23.5. The average molecular weight is 456 g/mol. The number of benzene rings is 1. The van der Waals surface area contributed by atoms with Crippen molar-refractivity contribution < 1.29 is 31.5 Å². The molecule has 9 heteroatoms. The number of ether oxygens (including phenoxy) is 1. The molecule has 1 aromatic carbocycles. The van der Waals surface area contributed by atoms with Gasteiger partial charge in [-0.25, -0.2) is 0 Å². The van der Waals surface area contributed by atoms with Crippen LogP contribution >= 0.6 is 0 Å². The van der Waals surface area contributed by atoms with Crippen molar-refractivity contribution in [1.82, 2.24) is 9.88 Å². The molecule has 1 aliphatic heterocycles. The second-order valence-electron chi connectivity index (χ2n) is 8.20. The number of hydrogen-bond donors (Lipinski definition) is 0. The summed E-state index contributed by atoms with van der Waals surface area (Å²) in [5.74, 6) is -4.07. The third kappa shape index (κ3) is 5.82. The van der Waals surface area contributed by atoms with E-state index < -0.39 is 18.6 Å². The molecule has 4 nitrogen and oxygen atoms in total. The fourth-order valence-corrected chi connectivity index (χ4v) is 3.69. The number of carbonyl (C=O) groups is 1. The van der Waals surface area contributed by atoms with Gasteiger partial charge in [0.2, 0.25) is 0 Å². The summed E-state index contributed by atoms with van der Waals surface area (Å²) in [6.45, 7) is 2.81. The maximum absolute atomic E-state index is 13.2. The lowest BCUT2D eigenvalue weighted by Crippen LogP contribution is -2.49. The lowest BCUT2D eigenvalue weighted by atomic mass is 9.97. The fourth-order valence-electron chi connectivity index (χ4n) is 3.69. The minimum atomic E-state index is -5.53. The summed E-state index contributed by atoms with van der Waals surface area (Å²) < 4.78 is 69.3. The van der Waals surface area contributed by atoms with Crippen LogP contribution in [0.5, 0.6) is 5.75 Å². The summed E-state index contributed by atoms with van der Waals surface area (Å²) in [5, 5.41) is 0. The summed E-state index contributed by atoms with van der Waals surface area (Å²) in [5.41, 5.74) is 3.22. The molecule has 0 radical (unpaired) electrons. The van der Waals surface area contributed by atoms with Crippen molar-refractivity contribution in [3.05, 3.63) is 47.7 Å². The minimum absolute atomic E-state index is 0.00347. The number of carbonyl (C=O) groups excluding carboxylic acids is 1. The molecule has 0 spiro atoms. The monoisotopic (exact) mass is 456 g/mol. The van der Waals surface area contributed by atoms with Gasteiger partial charge in [0.25, 0.3) is 0 Å². The van der Waals surface area contributed by atoms with Crippen molar-refractivity contribution in [2.24, 2.45) is 5.92 Å². The van der Waals surface area contributed by atoms with Crippen molar-refractivity contribution in [3.8, 4) is 17.0 Å². The van der Waals surface area contributed by atoms with Gasteiger partial charge in [0.05, 0.1) is 25.0 Å². The third-order valence-electron chi connectivity index (χ3n) is 5.68. The van der Waals surface area contributed by atoms with Crippen molar-refractivity contribution >= 4 is 5.78 Å². The van der Waals surface area contributed by atoms with Crippen LogP contribution in [0, 0.1) is 12.8 Å². The number of halogens is 5. The summed E-state index contributed by atoms with van der Waals surface area (Å²) in [6.07, 6.45) is -2.96. The average Bonchev–Trinajstić information content (AvgIpc) is 2.72. The smallest absolute Gasteiger partial charge is 0.454 e. The molecule has 1 aromatic heterocycles. The zero-order valence-electron chi connectivity index (χ0n) is 17.9. The Balaban J connectivity index is 1.50. The maximum Gasteiger partial charge on any atom is 0.454 e. The number of alkyl halides is 5. The molecule has 0 N–H and O–H groups in total. The summed E-state index contributed by atoms with van der Waals surface area (Å²) in [6, 6.07) is 9.02. The van der Waals surface area contributed by atoms with Gasteiger partial charge < -0.3 is 4.74 Å². The van der Waals surface area contributed by atoms with Crippen molar-refractivity contribution in [1.29, 1.82) is 0 Å². The highest BCUT2D eigenvalue weighted by Gasteiger charge is 2.58.